The zero-order chi connectivity index (χ0) is 15.6. The summed E-state index contributed by atoms with van der Waals surface area (Å²) in [6.45, 7) is 0.542. The first-order chi connectivity index (χ1) is 11.3. The molecule has 0 unspecified atom stereocenters. The number of hydrogen-bond acceptors (Lipinski definition) is 4. The van der Waals surface area contributed by atoms with Crippen LogP contribution in [-0.4, -0.2) is 28.5 Å². The van der Waals surface area contributed by atoms with Crippen molar-refractivity contribution in [2.75, 3.05) is 17.4 Å². The summed E-state index contributed by atoms with van der Waals surface area (Å²) < 4.78 is 0. The Bertz CT molecular complexity index is 786. The molecule has 2 heterocycles. The summed E-state index contributed by atoms with van der Waals surface area (Å²) in [5, 5.41) is 0.796. The van der Waals surface area contributed by atoms with E-state index in [1.165, 1.54) is 0 Å². The van der Waals surface area contributed by atoms with Gasteiger partial charge in [-0.25, -0.2) is 4.99 Å². The minimum absolute atomic E-state index is 0.0306. The van der Waals surface area contributed by atoms with Crippen molar-refractivity contribution >= 4 is 34.6 Å². The van der Waals surface area contributed by atoms with Crippen molar-refractivity contribution in [2.24, 2.45) is 4.99 Å². The minimum atomic E-state index is -0.0306. The quantitative estimate of drug-likeness (QED) is 0.796. The van der Waals surface area contributed by atoms with Crippen LogP contribution >= 0.6 is 11.8 Å². The van der Waals surface area contributed by atoms with E-state index in [-0.39, 0.29) is 5.91 Å². The first-order valence-corrected chi connectivity index (χ1v) is 8.40. The summed E-state index contributed by atoms with van der Waals surface area (Å²) in [5.41, 5.74) is 2.62. The lowest BCUT2D eigenvalue weighted by Gasteiger charge is -2.34. The van der Waals surface area contributed by atoms with Crippen molar-refractivity contribution in [1.29, 1.82) is 0 Å². The second kappa shape index (κ2) is 5.93. The lowest BCUT2D eigenvalue weighted by molar-refractivity contribution is -0.122. The highest BCUT2D eigenvalue weighted by Crippen LogP contribution is 2.30. The molecule has 2 aromatic carbocycles. The monoisotopic (exact) mass is 321 g/mol. The van der Waals surface area contributed by atoms with Crippen LogP contribution in [0.4, 0.5) is 5.69 Å². The number of rotatable bonds is 2. The predicted molar refractivity (Wildman–Crippen MR) is 94.9 cm³/mol. The van der Waals surface area contributed by atoms with Gasteiger partial charge in [0.05, 0.1) is 5.88 Å². The average Bonchev–Trinajstić information content (AvgIpc) is 2.92. The van der Waals surface area contributed by atoms with Crippen molar-refractivity contribution in [1.82, 2.24) is 4.90 Å². The number of para-hydroxylation sites is 1. The van der Waals surface area contributed by atoms with E-state index in [0.29, 0.717) is 12.4 Å². The second-order valence-electron chi connectivity index (χ2n) is 5.36. The highest BCUT2D eigenvalue weighted by Gasteiger charge is 2.35. The van der Waals surface area contributed by atoms with Gasteiger partial charge in [0, 0.05) is 5.69 Å². The van der Waals surface area contributed by atoms with Crippen LogP contribution in [0.2, 0.25) is 0 Å². The summed E-state index contributed by atoms with van der Waals surface area (Å²) in [5.74, 6) is 0.766. The van der Waals surface area contributed by atoms with E-state index in [9.17, 15) is 4.79 Å². The normalized spacial score (nSPS) is 19.0. The maximum absolute atomic E-state index is 12.6. The number of nitrogens with zero attached hydrogens (tertiary/aromatic N) is 3. The molecule has 2 aliphatic rings. The van der Waals surface area contributed by atoms with Gasteiger partial charge in [-0.05, 0) is 23.8 Å². The zero-order valence-corrected chi connectivity index (χ0v) is 13.2. The smallest absolute Gasteiger partial charge is 0.280 e. The fourth-order valence-electron chi connectivity index (χ4n) is 2.61. The summed E-state index contributed by atoms with van der Waals surface area (Å²) in [7, 11) is 0. The molecule has 1 amide bonds. The van der Waals surface area contributed by atoms with E-state index in [2.05, 4.69) is 22.0 Å². The van der Waals surface area contributed by atoms with Gasteiger partial charge in [0.15, 0.2) is 5.17 Å². The first-order valence-electron chi connectivity index (χ1n) is 7.41. The Labute approximate surface area is 139 Å². The fraction of sp³-hybridized carbons (Fsp3) is 0.111. The molecular formula is C18H15N3OS. The van der Waals surface area contributed by atoms with Crippen molar-refractivity contribution in [2.45, 2.75) is 0 Å². The van der Waals surface area contributed by atoms with Gasteiger partial charge in [-0.3, -0.25) is 9.69 Å². The van der Waals surface area contributed by atoms with E-state index in [0.717, 1.165) is 22.3 Å². The van der Waals surface area contributed by atoms with E-state index >= 15 is 0 Å². The van der Waals surface area contributed by atoms with E-state index < -0.39 is 0 Å². The van der Waals surface area contributed by atoms with E-state index in [1.807, 2.05) is 54.6 Å². The van der Waals surface area contributed by atoms with Gasteiger partial charge < -0.3 is 4.90 Å². The molecule has 0 radical (unpaired) electrons. The Kier molecular flexibility index (Phi) is 3.63. The third kappa shape index (κ3) is 2.75. The molecule has 0 spiro atoms. The third-order valence-corrected chi connectivity index (χ3v) is 4.81. The summed E-state index contributed by atoms with van der Waals surface area (Å²) in [6.07, 6.45) is 1.85. The highest BCUT2D eigenvalue weighted by molar-refractivity contribution is 8.14. The van der Waals surface area contributed by atoms with E-state index in [4.69, 9.17) is 0 Å². The van der Waals surface area contributed by atoms with Gasteiger partial charge in [-0.15, -0.1) is 0 Å². The Morgan fingerprint density at radius 3 is 2.43 bits per heavy atom. The van der Waals surface area contributed by atoms with Crippen LogP contribution in [0.25, 0.3) is 6.08 Å². The Morgan fingerprint density at radius 1 is 1.00 bits per heavy atom. The molecule has 0 bridgehead atoms. The molecular weight excluding hydrogens is 306 g/mol. The molecule has 1 saturated heterocycles. The summed E-state index contributed by atoms with van der Waals surface area (Å²) >= 11 is 1.59. The van der Waals surface area contributed by atoms with E-state index in [1.54, 1.807) is 16.7 Å². The summed E-state index contributed by atoms with van der Waals surface area (Å²) in [6, 6.07) is 20.0. The van der Waals surface area contributed by atoms with Crippen molar-refractivity contribution in [3.05, 3.63) is 71.9 Å². The number of aliphatic imine (C=N–C) groups is 1. The fourth-order valence-corrected chi connectivity index (χ4v) is 3.58. The molecule has 114 valence electrons. The van der Waals surface area contributed by atoms with Crippen molar-refractivity contribution < 1.29 is 4.79 Å². The van der Waals surface area contributed by atoms with Gasteiger partial charge in [-0.2, -0.15) is 0 Å². The number of hydrogen-bond donors (Lipinski definition) is 0. The van der Waals surface area contributed by atoms with Gasteiger partial charge in [0.2, 0.25) is 0 Å². The Balaban J connectivity index is 1.57. The Morgan fingerprint density at radius 2 is 1.70 bits per heavy atom. The number of thioether (sulfide) groups is 1. The van der Waals surface area contributed by atoms with Crippen LogP contribution in [0.5, 0.6) is 0 Å². The van der Waals surface area contributed by atoms with Crippen LogP contribution in [0, 0.1) is 0 Å². The topological polar surface area (TPSA) is 35.9 Å². The minimum Gasteiger partial charge on any atom is -0.343 e. The van der Waals surface area contributed by atoms with Crippen molar-refractivity contribution in [3.63, 3.8) is 0 Å². The van der Waals surface area contributed by atoms with Crippen molar-refractivity contribution in [3.8, 4) is 0 Å². The number of benzene rings is 2. The standard InChI is InChI=1S/C18H15N3OS/c22-17-16(11-14-7-3-1-4-8-14)19-18-21(17)12-20(13-23-18)15-9-5-2-6-10-15/h1-11H,12-13H2/b16-11+. The van der Waals surface area contributed by atoms with Gasteiger partial charge >= 0.3 is 0 Å². The Hall–Kier alpha value is -2.53. The molecule has 5 heteroatoms. The average molecular weight is 321 g/mol. The van der Waals surface area contributed by atoms with Gasteiger partial charge in [0.25, 0.3) is 5.91 Å². The van der Waals surface area contributed by atoms with Crippen LogP contribution in [0.15, 0.2) is 71.4 Å². The molecule has 4 nitrogen and oxygen atoms in total. The molecule has 23 heavy (non-hydrogen) atoms. The molecule has 2 aromatic rings. The molecule has 0 aromatic heterocycles. The van der Waals surface area contributed by atoms with Gasteiger partial charge in [-0.1, -0.05) is 60.3 Å². The molecule has 0 saturated carbocycles. The number of carbonyl (C=O) groups is 1. The third-order valence-electron chi connectivity index (χ3n) is 3.80. The zero-order valence-electron chi connectivity index (χ0n) is 12.4. The number of carbonyl (C=O) groups excluding carboxylic acids is 1. The van der Waals surface area contributed by atoms with Crippen LogP contribution in [0.3, 0.4) is 0 Å². The SMILES string of the molecule is O=C1/C(=C\c2ccccc2)N=C2SCN(c3ccccc3)CN12. The maximum atomic E-state index is 12.6. The second-order valence-corrected chi connectivity index (χ2v) is 6.27. The van der Waals surface area contributed by atoms with Gasteiger partial charge in [0.1, 0.15) is 12.4 Å². The van der Waals surface area contributed by atoms with Crippen LogP contribution < -0.4 is 4.90 Å². The largest absolute Gasteiger partial charge is 0.343 e. The predicted octanol–water partition coefficient (Wildman–Crippen LogP) is 3.39. The number of fused-ring (bicyclic) bond motifs is 1. The van der Waals surface area contributed by atoms with Crippen LogP contribution in [0.1, 0.15) is 5.56 Å². The highest BCUT2D eigenvalue weighted by atomic mass is 32.2. The molecule has 0 atom stereocenters. The molecule has 0 aliphatic carbocycles. The summed E-state index contributed by atoms with van der Waals surface area (Å²) in [4.78, 5) is 21.0. The van der Waals surface area contributed by atoms with Crippen LogP contribution in [-0.2, 0) is 4.79 Å². The number of anilines is 1. The lowest BCUT2D eigenvalue weighted by atomic mass is 10.2. The lowest BCUT2D eigenvalue weighted by Crippen LogP contribution is -2.46. The number of amides is 1. The number of amidine groups is 1. The molecule has 2 aliphatic heterocycles. The molecule has 4 rings (SSSR count). The maximum Gasteiger partial charge on any atom is 0.280 e. The first kappa shape index (κ1) is 14.1. The molecule has 0 N–H and O–H groups in total. The molecule has 1 fully saturated rings.